The van der Waals surface area contributed by atoms with Crippen LogP contribution in [0.25, 0.3) is 0 Å². The van der Waals surface area contributed by atoms with Crippen molar-refractivity contribution in [3.8, 4) is 11.5 Å². The molecule has 0 saturated heterocycles. The molecule has 2 aromatic carbocycles. The van der Waals surface area contributed by atoms with Crippen LogP contribution in [0.15, 0.2) is 36.4 Å². The van der Waals surface area contributed by atoms with Crippen LogP contribution in [-0.4, -0.2) is 42.0 Å². The lowest BCUT2D eigenvalue weighted by Gasteiger charge is -2.33. The minimum absolute atomic E-state index is 0.115. The molecule has 0 radical (unpaired) electrons. The van der Waals surface area contributed by atoms with E-state index in [2.05, 4.69) is 5.32 Å². The Morgan fingerprint density at radius 3 is 2.26 bits per heavy atom. The van der Waals surface area contributed by atoms with Gasteiger partial charge in [0.2, 0.25) is 11.8 Å². The van der Waals surface area contributed by atoms with Gasteiger partial charge in [0.15, 0.2) is 11.5 Å². The highest BCUT2D eigenvalue weighted by molar-refractivity contribution is 6.36. The number of rotatable bonds is 13. The van der Waals surface area contributed by atoms with Gasteiger partial charge in [0.05, 0.1) is 13.2 Å². The Morgan fingerprint density at radius 1 is 0.974 bits per heavy atom. The van der Waals surface area contributed by atoms with Crippen LogP contribution in [-0.2, 0) is 22.6 Å². The molecule has 0 spiro atoms. The first-order chi connectivity index (χ1) is 18.4. The quantitative estimate of drug-likeness (QED) is 0.286. The molecule has 3 rings (SSSR count). The van der Waals surface area contributed by atoms with Gasteiger partial charge in [-0.25, -0.2) is 0 Å². The van der Waals surface area contributed by atoms with Gasteiger partial charge >= 0.3 is 0 Å². The van der Waals surface area contributed by atoms with Crippen molar-refractivity contribution in [2.45, 2.75) is 90.8 Å². The summed E-state index contributed by atoms with van der Waals surface area (Å²) in [6, 6.07) is 10.6. The normalized spacial score (nSPS) is 14.6. The minimum atomic E-state index is -0.615. The van der Waals surface area contributed by atoms with Gasteiger partial charge in [0, 0.05) is 34.6 Å². The number of carbonyl (C=O) groups is 2. The fourth-order valence-electron chi connectivity index (χ4n) is 4.96. The monoisotopic (exact) mass is 562 g/mol. The summed E-state index contributed by atoms with van der Waals surface area (Å²) < 4.78 is 11.4. The van der Waals surface area contributed by atoms with E-state index in [-0.39, 0.29) is 30.8 Å². The lowest BCUT2D eigenvalue weighted by Crippen LogP contribution is -2.51. The Balaban J connectivity index is 1.81. The Labute approximate surface area is 237 Å². The van der Waals surface area contributed by atoms with Crippen LogP contribution in [0, 0.1) is 0 Å². The topological polar surface area (TPSA) is 67.9 Å². The van der Waals surface area contributed by atoms with E-state index in [1.807, 2.05) is 39.0 Å². The number of hydrogen-bond acceptors (Lipinski definition) is 4. The number of benzene rings is 2. The molecule has 2 amide bonds. The van der Waals surface area contributed by atoms with Crippen LogP contribution in [0.3, 0.4) is 0 Å². The lowest BCUT2D eigenvalue weighted by molar-refractivity contribution is -0.141. The van der Waals surface area contributed by atoms with Crippen molar-refractivity contribution >= 4 is 35.0 Å². The maximum Gasteiger partial charge on any atom is 0.243 e. The molecule has 1 atom stereocenters. The predicted octanol–water partition coefficient (Wildman–Crippen LogP) is 6.98. The molecule has 0 aliphatic heterocycles. The van der Waals surface area contributed by atoms with Gasteiger partial charge in [0.25, 0.3) is 0 Å². The second kappa shape index (κ2) is 15.2. The first-order valence-corrected chi connectivity index (χ1v) is 14.5. The largest absolute Gasteiger partial charge is 0.490 e. The summed E-state index contributed by atoms with van der Waals surface area (Å²) in [4.78, 5) is 28.8. The van der Waals surface area contributed by atoms with Crippen LogP contribution in [0.2, 0.25) is 10.0 Å². The molecular formula is C30H40Cl2N2O4. The van der Waals surface area contributed by atoms with Gasteiger partial charge in [-0.2, -0.15) is 0 Å². The van der Waals surface area contributed by atoms with Gasteiger partial charge in [0.1, 0.15) is 6.04 Å². The Morgan fingerprint density at radius 2 is 1.63 bits per heavy atom. The van der Waals surface area contributed by atoms with E-state index in [1.165, 1.54) is 6.42 Å². The minimum Gasteiger partial charge on any atom is -0.490 e. The molecule has 208 valence electrons. The number of halogens is 2. The van der Waals surface area contributed by atoms with E-state index < -0.39 is 6.04 Å². The Bertz CT molecular complexity index is 1050. The van der Waals surface area contributed by atoms with Gasteiger partial charge in [-0.1, -0.05) is 61.5 Å². The van der Waals surface area contributed by atoms with Crippen LogP contribution >= 0.6 is 23.2 Å². The van der Waals surface area contributed by atoms with Crippen molar-refractivity contribution < 1.29 is 19.1 Å². The zero-order chi connectivity index (χ0) is 27.5. The summed E-state index contributed by atoms with van der Waals surface area (Å²) >= 11 is 12.9. The number of carbonyl (C=O) groups excluding carboxylic acids is 2. The van der Waals surface area contributed by atoms with E-state index in [9.17, 15) is 9.59 Å². The number of amides is 2. The summed E-state index contributed by atoms with van der Waals surface area (Å²) in [5, 5.41) is 4.16. The number of ether oxygens (including phenoxy) is 2. The molecule has 1 aliphatic rings. The third kappa shape index (κ3) is 8.28. The Hall–Kier alpha value is -2.44. The SMILES string of the molecule is CCOc1ccc(CCC(=O)N(Cc2c(Cl)cccc2Cl)[C@@H](CC)C(=O)NC2CCCCC2)cc1OCC. The van der Waals surface area contributed by atoms with E-state index in [4.69, 9.17) is 32.7 Å². The van der Waals surface area contributed by atoms with Crippen molar-refractivity contribution in [2.24, 2.45) is 0 Å². The first-order valence-electron chi connectivity index (χ1n) is 13.8. The molecule has 0 heterocycles. The fourth-order valence-corrected chi connectivity index (χ4v) is 5.48. The first kappa shape index (κ1) is 30.1. The second-order valence-corrected chi connectivity index (χ2v) is 10.5. The van der Waals surface area contributed by atoms with Crippen molar-refractivity contribution in [3.63, 3.8) is 0 Å². The average molecular weight is 564 g/mol. The molecule has 1 saturated carbocycles. The summed E-state index contributed by atoms with van der Waals surface area (Å²) in [6.45, 7) is 7.01. The molecule has 8 heteroatoms. The summed E-state index contributed by atoms with van der Waals surface area (Å²) in [5.41, 5.74) is 1.61. The standard InChI is InChI=1S/C30H40Cl2N2O4/c1-4-26(30(36)33-22-11-8-7-9-12-22)34(20-23-24(31)13-10-14-25(23)32)29(35)18-16-21-15-17-27(37-5-2)28(19-21)38-6-3/h10,13-15,17,19,22,26H,4-9,11-12,16,18,20H2,1-3H3,(H,33,36)/t26-/m0/s1. The molecule has 1 aliphatic carbocycles. The zero-order valence-electron chi connectivity index (χ0n) is 22.7. The highest BCUT2D eigenvalue weighted by atomic mass is 35.5. The highest BCUT2D eigenvalue weighted by Gasteiger charge is 2.31. The molecule has 0 unspecified atom stereocenters. The lowest BCUT2D eigenvalue weighted by atomic mass is 9.95. The van der Waals surface area contributed by atoms with E-state index in [1.54, 1.807) is 23.1 Å². The predicted molar refractivity (Wildman–Crippen MR) is 153 cm³/mol. The van der Waals surface area contributed by atoms with Crippen LogP contribution < -0.4 is 14.8 Å². The number of nitrogens with one attached hydrogen (secondary N) is 1. The van der Waals surface area contributed by atoms with Crippen LogP contribution in [0.1, 0.15) is 76.8 Å². The molecule has 2 aromatic rings. The van der Waals surface area contributed by atoms with Gasteiger partial charge in [-0.15, -0.1) is 0 Å². The number of nitrogens with zero attached hydrogens (tertiary/aromatic N) is 1. The third-order valence-corrected chi connectivity index (χ3v) is 7.67. The fraction of sp³-hybridized carbons (Fsp3) is 0.533. The maximum absolute atomic E-state index is 13.7. The molecule has 1 N–H and O–H groups in total. The van der Waals surface area contributed by atoms with Crippen molar-refractivity contribution in [1.29, 1.82) is 0 Å². The molecule has 38 heavy (non-hydrogen) atoms. The molecule has 0 bridgehead atoms. The number of hydrogen-bond donors (Lipinski definition) is 1. The van der Waals surface area contributed by atoms with Crippen molar-refractivity contribution in [3.05, 3.63) is 57.6 Å². The number of aryl methyl sites for hydroxylation is 1. The van der Waals surface area contributed by atoms with Gasteiger partial charge < -0.3 is 19.7 Å². The van der Waals surface area contributed by atoms with Crippen LogP contribution in [0.5, 0.6) is 11.5 Å². The summed E-state index contributed by atoms with van der Waals surface area (Å²) in [6.07, 6.45) is 6.61. The van der Waals surface area contributed by atoms with E-state index in [0.717, 1.165) is 31.2 Å². The van der Waals surface area contributed by atoms with Crippen molar-refractivity contribution in [1.82, 2.24) is 10.2 Å². The average Bonchev–Trinajstić information content (AvgIpc) is 2.91. The molecule has 6 nitrogen and oxygen atoms in total. The van der Waals surface area contributed by atoms with E-state index >= 15 is 0 Å². The Kier molecular flexibility index (Phi) is 12.1. The van der Waals surface area contributed by atoms with E-state index in [0.29, 0.717) is 53.2 Å². The smallest absolute Gasteiger partial charge is 0.243 e. The molecular weight excluding hydrogens is 523 g/mol. The van der Waals surface area contributed by atoms with Crippen LogP contribution in [0.4, 0.5) is 0 Å². The molecule has 0 aromatic heterocycles. The van der Waals surface area contributed by atoms with Gasteiger partial charge in [-0.3, -0.25) is 9.59 Å². The van der Waals surface area contributed by atoms with Gasteiger partial charge in [-0.05, 0) is 69.4 Å². The maximum atomic E-state index is 13.7. The zero-order valence-corrected chi connectivity index (χ0v) is 24.2. The summed E-state index contributed by atoms with van der Waals surface area (Å²) in [7, 11) is 0. The third-order valence-electron chi connectivity index (χ3n) is 6.96. The highest BCUT2D eigenvalue weighted by Crippen LogP contribution is 2.30. The summed E-state index contributed by atoms with van der Waals surface area (Å²) in [5.74, 6) is 1.11. The second-order valence-electron chi connectivity index (χ2n) is 9.64. The van der Waals surface area contributed by atoms with Crippen molar-refractivity contribution in [2.75, 3.05) is 13.2 Å². The molecule has 1 fully saturated rings.